The van der Waals surface area contributed by atoms with E-state index in [9.17, 15) is 0 Å². The van der Waals surface area contributed by atoms with Gasteiger partial charge in [0.25, 0.3) is 0 Å². The molecule has 1 aliphatic heterocycles. The zero-order chi connectivity index (χ0) is 17.8. The number of ether oxygens (including phenoxy) is 1. The maximum atomic E-state index is 5.98. The Kier molecular flexibility index (Phi) is 6.50. The summed E-state index contributed by atoms with van der Waals surface area (Å²) in [6, 6.07) is 18.5. The number of para-hydroxylation sites is 1. The van der Waals surface area contributed by atoms with Crippen LogP contribution < -0.4 is 10.1 Å². The van der Waals surface area contributed by atoms with Crippen LogP contribution in [0.3, 0.4) is 0 Å². The molecule has 0 amide bonds. The maximum absolute atomic E-state index is 5.98. The van der Waals surface area contributed by atoms with Gasteiger partial charge in [-0.05, 0) is 29.8 Å². The predicted octanol–water partition coefficient (Wildman–Crippen LogP) is 3.78. The molecule has 27 heavy (non-hydrogen) atoms. The van der Waals surface area contributed by atoms with E-state index >= 15 is 0 Å². The summed E-state index contributed by atoms with van der Waals surface area (Å²) in [5.74, 6) is 2.84. The van der Waals surface area contributed by atoms with Crippen LogP contribution in [-0.2, 0) is 13.6 Å². The van der Waals surface area contributed by atoms with E-state index in [1.54, 1.807) is 0 Å². The van der Waals surface area contributed by atoms with E-state index in [4.69, 9.17) is 4.74 Å². The molecule has 142 valence electrons. The molecule has 2 heterocycles. The molecule has 1 N–H and O–H groups in total. The van der Waals surface area contributed by atoms with Crippen molar-refractivity contribution in [3.05, 3.63) is 78.4 Å². The lowest BCUT2D eigenvalue weighted by Crippen LogP contribution is -2.46. The summed E-state index contributed by atoms with van der Waals surface area (Å²) >= 11 is 0. The fourth-order valence-corrected chi connectivity index (χ4v) is 3.45. The van der Waals surface area contributed by atoms with E-state index in [1.165, 1.54) is 5.56 Å². The lowest BCUT2D eigenvalue weighted by atomic mass is 10.1. The molecule has 1 atom stereocenters. The Labute approximate surface area is 166 Å². The van der Waals surface area contributed by atoms with Gasteiger partial charge in [0, 0.05) is 45.6 Å². The minimum Gasteiger partial charge on any atom is -0.457 e. The summed E-state index contributed by atoms with van der Waals surface area (Å²) in [6.07, 6.45) is 3.88. The second-order valence-corrected chi connectivity index (χ2v) is 6.65. The van der Waals surface area contributed by atoms with Gasteiger partial charge in [-0.3, -0.25) is 4.90 Å². The fraction of sp³-hybridized carbons (Fsp3) is 0.286. The number of nitrogens with zero attached hydrogens (tertiary/aromatic N) is 3. The number of nitrogens with one attached hydrogen (secondary N) is 1. The van der Waals surface area contributed by atoms with Crippen molar-refractivity contribution in [2.75, 3.05) is 19.6 Å². The Morgan fingerprint density at radius 3 is 2.70 bits per heavy atom. The van der Waals surface area contributed by atoms with Gasteiger partial charge in [0.2, 0.25) is 0 Å². The third-order valence-electron chi connectivity index (χ3n) is 4.77. The molecule has 0 saturated carbocycles. The van der Waals surface area contributed by atoms with Crippen LogP contribution in [0.1, 0.15) is 17.4 Å². The van der Waals surface area contributed by atoms with Gasteiger partial charge in [-0.2, -0.15) is 0 Å². The third-order valence-corrected chi connectivity index (χ3v) is 4.77. The molecule has 6 heteroatoms. The van der Waals surface area contributed by atoms with Gasteiger partial charge in [-0.1, -0.05) is 30.3 Å². The average molecular weight is 385 g/mol. The SMILES string of the molecule is Cl.Cn1ccnc1C1CNCCN1Cc1cccc(Oc2ccccc2)c1. The molecule has 0 bridgehead atoms. The number of aryl methyl sites for hydroxylation is 1. The molecular weight excluding hydrogens is 360 g/mol. The summed E-state index contributed by atoms with van der Waals surface area (Å²) in [5.41, 5.74) is 1.25. The first-order valence-electron chi connectivity index (χ1n) is 9.03. The zero-order valence-electron chi connectivity index (χ0n) is 15.4. The lowest BCUT2D eigenvalue weighted by Gasteiger charge is -2.35. The van der Waals surface area contributed by atoms with Crippen molar-refractivity contribution < 1.29 is 4.74 Å². The van der Waals surface area contributed by atoms with Crippen molar-refractivity contribution in [3.63, 3.8) is 0 Å². The van der Waals surface area contributed by atoms with E-state index in [-0.39, 0.29) is 18.4 Å². The molecular formula is C21H25ClN4O. The van der Waals surface area contributed by atoms with Crippen molar-refractivity contribution in [2.45, 2.75) is 12.6 Å². The zero-order valence-corrected chi connectivity index (χ0v) is 16.2. The molecule has 0 radical (unpaired) electrons. The highest BCUT2D eigenvalue weighted by atomic mass is 35.5. The van der Waals surface area contributed by atoms with Crippen LogP contribution in [-0.4, -0.2) is 34.1 Å². The van der Waals surface area contributed by atoms with Crippen molar-refractivity contribution in [1.29, 1.82) is 0 Å². The lowest BCUT2D eigenvalue weighted by molar-refractivity contribution is 0.144. The van der Waals surface area contributed by atoms with Crippen molar-refractivity contribution in [2.24, 2.45) is 7.05 Å². The second kappa shape index (κ2) is 9.04. The largest absolute Gasteiger partial charge is 0.457 e. The molecule has 1 aromatic heterocycles. The minimum absolute atomic E-state index is 0. The van der Waals surface area contributed by atoms with Crippen LogP contribution in [0.25, 0.3) is 0 Å². The number of benzene rings is 2. The molecule has 1 fully saturated rings. The Hall–Kier alpha value is -2.34. The van der Waals surface area contributed by atoms with Crippen LogP contribution in [0, 0.1) is 0 Å². The topological polar surface area (TPSA) is 42.3 Å². The van der Waals surface area contributed by atoms with Gasteiger partial charge in [0.1, 0.15) is 17.3 Å². The Morgan fingerprint density at radius 1 is 1.11 bits per heavy atom. The standard InChI is InChI=1S/C21H24N4O.ClH/c1-24-12-11-23-21(24)20-15-22-10-13-25(20)16-17-6-5-9-19(14-17)26-18-7-3-2-4-8-18;/h2-9,11-12,14,20,22H,10,13,15-16H2,1H3;1H. The predicted molar refractivity (Wildman–Crippen MR) is 109 cm³/mol. The Morgan fingerprint density at radius 2 is 1.93 bits per heavy atom. The number of hydrogen-bond donors (Lipinski definition) is 1. The number of hydrogen-bond acceptors (Lipinski definition) is 4. The van der Waals surface area contributed by atoms with Gasteiger partial charge in [0.15, 0.2) is 0 Å². The number of aromatic nitrogens is 2. The number of imidazole rings is 1. The van der Waals surface area contributed by atoms with E-state index in [0.717, 1.165) is 43.5 Å². The van der Waals surface area contributed by atoms with Crippen molar-refractivity contribution >= 4 is 12.4 Å². The summed E-state index contributed by atoms with van der Waals surface area (Å²) in [6.45, 7) is 3.80. The molecule has 3 aromatic rings. The highest BCUT2D eigenvalue weighted by Gasteiger charge is 2.26. The first kappa shape index (κ1) is 19.4. The van der Waals surface area contributed by atoms with E-state index in [1.807, 2.05) is 48.8 Å². The molecule has 1 aliphatic rings. The highest BCUT2D eigenvalue weighted by Crippen LogP contribution is 2.26. The summed E-state index contributed by atoms with van der Waals surface area (Å²) in [4.78, 5) is 7.05. The minimum atomic E-state index is 0. The normalized spacial score (nSPS) is 17.3. The first-order chi connectivity index (χ1) is 12.8. The van der Waals surface area contributed by atoms with Crippen LogP contribution in [0.15, 0.2) is 67.0 Å². The third kappa shape index (κ3) is 4.69. The van der Waals surface area contributed by atoms with Crippen LogP contribution in [0.2, 0.25) is 0 Å². The van der Waals surface area contributed by atoms with Gasteiger partial charge in [-0.25, -0.2) is 4.98 Å². The quantitative estimate of drug-likeness (QED) is 0.727. The number of piperazine rings is 1. The summed E-state index contributed by atoms with van der Waals surface area (Å²) in [5, 5.41) is 3.49. The van der Waals surface area contributed by atoms with Gasteiger partial charge in [0.05, 0.1) is 6.04 Å². The second-order valence-electron chi connectivity index (χ2n) is 6.65. The first-order valence-corrected chi connectivity index (χ1v) is 9.03. The monoisotopic (exact) mass is 384 g/mol. The van der Waals surface area contributed by atoms with Crippen LogP contribution in [0.4, 0.5) is 0 Å². The van der Waals surface area contributed by atoms with Crippen molar-refractivity contribution in [1.82, 2.24) is 19.8 Å². The summed E-state index contributed by atoms with van der Waals surface area (Å²) in [7, 11) is 2.06. The number of rotatable bonds is 5. The van der Waals surface area contributed by atoms with Gasteiger partial charge in [-0.15, -0.1) is 12.4 Å². The molecule has 5 nitrogen and oxygen atoms in total. The maximum Gasteiger partial charge on any atom is 0.127 e. The van der Waals surface area contributed by atoms with E-state index in [0.29, 0.717) is 0 Å². The Bertz CT molecular complexity index is 852. The van der Waals surface area contributed by atoms with E-state index < -0.39 is 0 Å². The summed E-state index contributed by atoms with van der Waals surface area (Å²) < 4.78 is 8.09. The Balaban J connectivity index is 0.00000210. The van der Waals surface area contributed by atoms with Gasteiger partial charge < -0.3 is 14.6 Å². The molecule has 2 aromatic carbocycles. The highest BCUT2D eigenvalue weighted by molar-refractivity contribution is 5.85. The molecule has 0 aliphatic carbocycles. The van der Waals surface area contributed by atoms with E-state index in [2.05, 4.69) is 45.0 Å². The van der Waals surface area contributed by atoms with Crippen LogP contribution in [0.5, 0.6) is 11.5 Å². The van der Waals surface area contributed by atoms with Crippen molar-refractivity contribution in [3.8, 4) is 11.5 Å². The molecule has 1 unspecified atom stereocenters. The molecule has 0 spiro atoms. The molecule has 4 rings (SSSR count). The fourth-order valence-electron chi connectivity index (χ4n) is 3.45. The smallest absolute Gasteiger partial charge is 0.127 e. The number of halogens is 1. The average Bonchev–Trinajstić information content (AvgIpc) is 3.09. The van der Waals surface area contributed by atoms with Crippen LogP contribution >= 0.6 is 12.4 Å². The van der Waals surface area contributed by atoms with Gasteiger partial charge >= 0.3 is 0 Å². The molecule has 1 saturated heterocycles.